The van der Waals surface area contributed by atoms with Crippen molar-refractivity contribution in [1.29, 1.82) is 0 Å². The molecule has 36 heavy (non-hydrogen) atoms. The van der Waals surface area contributed by atoms with Crippen LogP contribution in [0, 0.1) is 17.0 Å². The predicted molar refractivity (Wildman–Crippen MR) is 144 cm³/mol. The van der Waals surface area contributed by atoms with Gasteiger partial charge in [0.2, 0.25) is 0 Å². The molecule has 0 aromatic heterocycles. The summed E-state index contributed by atoms with van der Waals surface area (Å²) in [6.45, 7) is 6.35. The fraction of sp³-hybridized carbons (Fsp3) is 0.214. The van der Waals surface area contributed by atoms with Crippen molar-refractivity contribution in [3.63, 3.8) is 0 Å². The maximum absolute atomic E-state index is 13.4. The van der Waals surface area contributed by atoms with Gasteiger partial charge in [0.15, 0.2) is 5.17 Å². The van der Waals surface area contributed by atoms with Gasteiger partial charge in [0.1, 0.15) is 12.4 Å². The minimum Gasteiger partial charge on any atom is -0.488 e. The Morgan fingerprint density at radius 2 is 1.78 bits per heavy atom. The molecule has 1 aliphatic rings. The average Bonchev–Trinajstić information content (AvgIpc) is 3.18. The van der Waals surface area contributed by atoms with Crippen LogP contribution in [0.25, 0.3) is 6.08 Å². The number of hydrogen-bond acceptors (Lipinski definition) is 6. The summed E-state index contributed by atoms with van der Waals surface area (Å²) in [4.78, 5) is 31.0. The molecule has 0 saturated carbocycles. The van der Waals surface area contributed by atoms with E-state index in [9.17, 15) is 14.9 Å². The Labute approximate surface area is 214 Å². The molecule has 184 valence electrons. The van der Waals surface area contributed by atoms with Crippen molar-refractivity contribution in [2.75, 3.05) is 0 Å². The van der Waals surface area contributed by atoms with E-state index in [2.05, 4.69) is 6.92 Å². The van der Waals surface area contributed by atoms with E-state index in [4.69, 9.17) is 9.73 Å². The summed E-state index contributed by atoms with van der Waals surface area (Å²) in [6, 6.07) is 21.7. The highest BCUT2D eigenvalue weighted by atomic mass is 32.2. The number of non-ortho nitro benzene ring substituents is 1. The first-order valence-corrected chi connectivity index (χ1v) is 12.5. The Kier molecular flexibility index (Phi) is 7.85. The van der Waals surface area contributed by atoms with E-state index in [1.807, 2.05) is 68.5 Å². The number of amides is 1. The van der Waals surface area contributed by atoms with Crippen molar-refractivity contribution in [2.45, 2.75) is 39.8 Å². The molecule has 0 radical (unpaired) electrons. The number of amidine groups is 1. The van der Waals surface area contributed by atoms with Crippen LogP contribution in [-0.4, -0.2) is 26.9 Å². The topological polar surface area (TPSA) is 85.0 Å². The maximum atomic E-state index is 13.4. The molecule has 1 fully saturated rings. The minimum atomic E-state index is -0.429. The van der Waals surface area contributed by atoms with Crippen molar-refractivity contribution in [2.24, 2.45) is 4.99 Å². The second-order valence-corrected chi connectivity index (χ2v) is 9.53. The van der Waals surface area contributed by atoms with Crippen LogP contribution in [-0.2, 0) is 11.4 Å². The third-order valence-electron chi connectivity index (χ3n) is 5.87. The number of aryl methyl sites for hydroxylation is 1. The van der Waals surface area contributed by atoms with Gasteiger partial charge in [-0.05, 0) is 74.0 Å². The monoisotopic (exact) mass is 501 g/mol. The molecule has 4 rings (SSSR count). The second-order valence-electron chi connectivity index (χ2n) is 8.52. The highest BCUT2D eigenvalue weighted by Gasteiger charge is 2.36. The number of para-hydroxylation sites is 1. The zero-order valence-corrected chi connectivity index (χ0v) is 21.2. The molecule has 0 N–H and O–H groups in total. The van der Waals surface area contributed by atoms with Gasteiger partial charge >= 0.3 is 0 Å². The molecule has 1 saturated heterocycles. The van der Waals surface area contributed by atoms with Gasteiger partial charge < -0.3 is 4.74 Å². The van der Waals surface area contributed by atoms with Gasteiger partial charge in [-0.15, -0.1) is 0 Å². The van der Waals surface area contributed by atoms with Gasteiger partial charge in [-0.2, -0.15) is 0 Å². The van der Waals surface area contributed by atoms with E-state index < -0.39 is 4.92 Å². The average molecular weight is 502 g/mol. The zero-order valence-electron chi connectivity index (χ0n) is 20.4. The number of rotatable bonds is 8. The number of nitrogens with zero attached hydrogens (tertiary/aromatic N) is 3. The van der Waals surface area contributed by atoms with Gasteiger partial charge in [-0.3, -0.25) is 19.8 Å². The van der Waals surface area contributed by atoms with Crippen LogP contribution in [0.2, 0.25) is 0 Å². The smallest absolute Gasteiger partial charge is 0.269 e. The van der Waals surface area contributed by atoms with Gasteiger partial charge in [0, 0.05) is 23.7 Å². The lowest BCUT2D eigenvalue weighted by Gasteiger charge is -2.22. The number of ether oxygens (including phenoxy) is 1. The molecule has 0 bridgehead atoms. The normalized spacial score (nSPS) is 16.5. The first-order chi connectivity index (χ1) is 17.4. The number of carbonyl (C=O) groups excluding carboxylic acids is 1. The van der Waals surface area contributed by atoms with Crippen LogP contribution in [0.3, 0.4) is 0 Å². The standard InChI is InChI=1S/C28H27N3O4S/c1-4-20(3)30-27(32)26(36-28(30)29-23-13-9-19(2)10-14-23)17-22-7-5-6-8-25(22)35-18-21-11-15-24(16-12-21)31(33)34/h5-17,20H,4,18H2,1-3H3/b26-17+,29-28?/t20-/m0/s1. The Morgan fingerprint density at radius 3 is 2.44 bits per heavy atom. The summed E-state index contributed by atoms with van der Waals surface area (Å²) in [6.07, 6.45) is 2.65. The van der Waals surface area contributed by atoms with Crippen LogP contribution in [0.1, 0.15) is 37.0 Å². The fourth-order valence-electron chi connectivity index (χ4n) is 3.61. The molecular formula is C28H27N3O4S. The molecule has 1 atom stereocenters. The number of hydrogen-bond donors (Lipinski definition) is 0. The van der Waals surface area contributed by atoms with E-state index in [0.29, 0.717) is 15.8 Å². The van der Waals surface area contributed by atoms with Gasteiger partial charge in [-0.25, -0.2) is 4.99 Å². The van der Waals surface area contributed by atoms with Gasteiger partial charge in [0.05, 0.1) is 15.5 Å². The maximum Gasteiger partial charge on any atom is 0.269 e. The minimum absolute atomic E-state index is 0.00808. The van der Waals surface area contributed by atoms with E-state index in [1.165, 1.54) is 23.9 Å². The number of nitro benzene ring substituents is 1. The van der Waals surface area contributed by atoms with Crippen LogP contribution in [0.5, 0.6) is 5.75 Å². The Hall–Kier alpha value is -3.91. The summed E-state index contributed by atoms with van der Waals surface area (Å²) in [5.74, 6) is 0.543. The Morgan fingerprint density at radius 1 is 1.08 bits per heavy atom. The van der Waals surface area contributed by atoms with Gasteiger partial charge in [0.25, 0.3) is 11.6 Å². The first-order valence-electron chi connectivity index (χ1n) is 11.7. The van der Waals surface area contributed by atoms with Crippen molar-refractivity contribution in [3.05, 3.63) is 105 Å². The largest absolute Gasteiger partial charge is 0.488 e. The van der Waals surface area contributed by atoms with Crippen LogP contribution >= 0.6 is 11.8 Å². The summed E-state index contributed by atoms with van der Waals surface area (Å²) in [7, 11) is 0. The molecule has 1 amide bonds. The number of benzene rings is 3. The molecule has 3 aromatic carbocycles. The molecule has 1 aliphatic heterocycles. The second kappa shape index (κ2) is 11.2. The van der Waals surface area contributed by atoms with Crippen LogP contribution in [0.15, 0.2) is 82.7 Å². The van der Waals surface area contributed by atoms with Crippen LogP contribution in [0.4, 0.5) is 11.4 Å². The van der Waals surface area contributed by atoms with Gasteiger partial charge in [-0.1, -0.05) is 42.8 Å². The SMILES string of the molecule is CC[C@H](C)N1C(=O)/C(=C\c2ccccc2OCc2ccc([N+](=O)[O-])cc2)SC1=Nc1ccc(C)cc1. The van der Waals surface area contributed by atoms with Crippen molar-refractivity contribution < 1.29 is 14.5 Å². The summed E-state index contributed by atoms with van der Waals surface area (Å²) < 4.78 is 6.02. The molecule has 1 heterocycles. The summed E-state index contributed by atoms with van der Waals surface area (Å²) in [5, 5.41) is 11.5. The lowest BCUT2D eigenvalue weighted by atomic mass is 10.1. The van der Waals surface area contributed by atoms with Crippen molar-refractivity contribution >= 4 is 40.3 Å². The molecule has 0 unspecified atom stereocenters. The highest BCUT2D eigenvalue weighted by molar-refractivity contribution is 8.18. The molecule has 0 aliphatic carbocycles. The third kappa shape index (κ3) is 5.83. The molecule has 7 nitrogen and oxygen atoms in total. The fourth-order valence-corrected chi connectivity index (χ4v) is 4.69. The number of nitro groups is 1. The molecular weight excluding hydrogens is 474 g/mol. The zero-order chi connectivity index (χ0) is 25.7. The van der Waals surface area contributed by atoms with E-state index >= 15 is 0 Å². The third-order valence-corrected chi connectivity index (χ3v) is 6.86. The Balaban J connectivity index is 1.59. The quantitative estimate of drug-likeness (QED) is 0.191. The predicted octanol–water partition coefficient (Wildman–Crippen LogP) is 6.88. The molecule has 0 spiro atoms. The summed E-state index contributed by atoms with van der Waals surface area (Å²) >= 11 is 1.36. The van der Waals surface area contributed by atoms with E-state index in [-0.39, 0.29) is 24.2 Å². The number of thioether (sulfide) groups is 1. The van der Waals surface area contributed by atoms with E-state index in [0.717, 1.165) is 28.8 Å². The number of aliphatic imine (C=N–C) groups is 1. The Bertz CT molecular complexity index is 1320. The first kappa shape index (κ1) is 25.2. The van der Waals surface area contributed by atoms with Crippen molar-refractivity contribution in [1.82, 2.24) is 4.90 Å². The van der Waals surface area contributed by atoms with Crippen LogP contribution < -0.4 is 4.74 Å². The highest BCUT2D eigenvalue weighted by Crippen LogP contribution is 2.37. The van der Waals surface area contributed by atoms with E-state index in [1.54, 1.807) is 17.0 Å². The van der Waals surface area contributed by atoms with Crippen molar-refractivity contribution in [3.8, 4) is 5.75 Å². The number of carbonyl (C=O) groups is 1. The molecule has 3 aromatic rings. The lowest BCUT2D eigenvalue weighted by Crippen LogP contribution is -2.36. The summed E-state index contributed by atoms with van der Waals surface area (Å²) in [5.41, 5.74) is 3.58. The molecule has 8 heteroatoms. The lowest BCUT2D eigenvalue weighted by molar-refractivity contribution is -0.384.